The van der Waals surface area contributed by atoms with Crippen LogP contribution in [-0.4, -0.2) is 29.5 Å². The van der Waals surface area contributed by atoms with E-state index in [0.29, 0.717) is 24.5 Å². The van der Waals surface area contributed by atoms with Gasteiger partial charge in [-0.25, -0.2) is 0 Å². The molecule has 0 fully saturated rings. The predicted octanol–water partition coefficient (Wildman–Crippen LogP) is 2.57. The monoisotopic (exact) mass is 366 g/mol. The zero-order chi connectivity index (χ0) is 19.0. The van der Waals surface area contributed by atoms with Crippen LogP contribution in [0.1, 0.15) is 36.6 Å². The Hall–Kier alpha value is -3.02. The second kappa shape index (κ2) is 6.95. The molecule has 6 nitrogen and oxygen atoms in total. The zero-order valence-electron chi connectivity index (χ0n) is 15.4. The van der Waals surface area contributed by atoms with Gasteiger partial charge in [0.1, 0.15) is 6.04 Å². The topological polar surface area (TPSA) is 67.9 Å². The van der Waals surface area contributed by atoms with Crippen molar-refractivity contribution in [3.8, 4) is 11.5 Å². The number of ether oxygens (including phenoxy) is 2. The van der Waals surface area contributed by atoms with E-state index < -0.39 is 6.04 Å². The van der Waals surface area contributed by atoms with Gasteiger partial charge in [0.05, 0.1) is 6.42 Å². The van der Waals surface area contributed by atoms with Crippen LogP contribution in [-0.2, 0) is 22.6 Å². The number of nitrogens with zero attached hydrogens (tertiary/aromatic N) is 1. The first-order valence-electron chi connectivity index (χ1n) is 9.10. The van der Waals surface area contributed by atoms with Crippen molar-refractivity contribution in [2.75, 3.05) is 6.79 Å². The largest absolute Gasteiger partial charge is 0.454 e. The molecule has 0 spiro atoms. The third kappa shape index (κ3) is 3.23. The normalized spacial score (nSPS) is 17.8. The lowest BCUT2D eigenvalue weighted by atomic mass is 9.90. The van der Waals surface area contributed by atoms with Gasteiger partial charge in [-0.05, 0) is 42.7 Å². The van der Waals surface area contributed by atoms with Crippen molar-refractivity contribution < 1.29 is 19.1 Å². The first-order chi connectivity index (χ1) is 13.0. The smallest absolute Gasteiger partial charge is 0.247 e. The molecule has 4 rings (SSSR count). The van der Waals surface area contributed by atoms with E-state index in [4.69, 9.17) is 9.47 Å². The lowest BCUT2D eigenvalue weighted by molar-refractivity contribution is -0.143. The number of hydrogen-bond acceptors (Lipinski definition) is 4. The van der Waals surface area contributed by atoms with Crippen LogP contribution in [0.15, 0.2) is 42.5 Å². The third-order valence-corrected chi connectivity index (χ3v) is 4.97. The first kappa shape index (κ1) is 17.4. The van der Waals surface area contributed by atoms with Crippen molar-refractivity contribution in [1.82, 2.24) is 10.2 Å². The molecule has 2 heterocycles. The summed E-state index contributed by atoms with van der Waals surface area (Å²) in [5.74, 6) is 1.19. The highest BCUT2D eigenvalue weighted by molar-refractivity contribution is 5.92. The number of amides is 2. The Kier molecular flexibility index (Phi) is 4.48. The fourth-order valence-corrected chi connectivity index (χ4v) is 3.70. The molecule has 1 unspecified atom stereocenters. The molecular weight excluding hydrogens is 344 g/mol. The molecular formula is C21H22N2O4. The third-order valence-electron chi connectivity index (χ3n) is 4.97. The number of hydrogen-bond donors (Lipinski definition) is 1. The SMILES string of the molecule is CC(C)N1C(=O)Cc2ccccc2C1C(=O)NCc1ccc2c(c1)OCO2. The van der Waals surface area contributed by atoms with E-state index in [9.17, 15) is 9.59 Å². The maximum absolute atomic E-state index is 13.1. The van der Waals surface area contributed by atoms with E-state index in [1.807, 2.05) is 56.3 Å². The van der Waals surface area contributed by atoms with Gasteiger partial charge in [-0.2, -0.15) is 0 Å². The predicted molar refractivity (Wildman–Crippen MR) is 99.3 cm³/mol. The molecule has 140 valence electrons. The summed E-state index contributed by atoms with van der Waals surface area (Å²) >= 11 is 0. The van der Waals surface area contributed by atoms with Crippen LogP contribution in [0.5, 0.6) is 11.5 Å². The van der Waals surface area contributed by atoms with Crippen LogP contribution >= 0.6 is 0 Å². The Balaban J connectivity index is 1.56. The van der Waals surface area contributed by atoms with Crippen LogP contribution in [0.25, 0.3) is 0 Å². The van der Waals surface area contributed by atoms with Gasteiger partial charge >= 0.3 is 0 Å². The number of rotatable bonds is 4. The van der Waals surface area contributed by atoms with E-state index in [2.05, 4.69) is 5.32 Å². The summed E-state index contributed by atoms with van der Waals surface area (Å²) in [7, 11) is 0. The van der Waals surface area contributed by atoms with Gasteiger partial charge in [-0.3, -0.25) is 9.59 Å². The molecule has 0 aliphatic carbocycles. The fourth-order valence-electron chi connectivity index (χ4n) is 3.70. The maximum Gasteiger partial charge on any atom is 0.247 e. The highest BCUT2D eigenvalue weighted by Gasteiger charge is 2.38. The van der Waals surface area contributed by atoms with Gasteiger partial charge in [0, 0.05) is 12.6 Å². The van der Waals surface area contributed by atoms with Crippen molar-refractivity contribution in [3.63, 3.8) is 0 Å². The molecule has 2 aliphatic heterocycles. The Morgan fingerprint density at radius 3 is 2.78 bits per heavy atom. The fraction of sp³-hybridized carbons (Fsp3) is 0.333. The summed E-state index contributed by atoms with van der Waals surface area (Å²) in [6.07, 6.45) is 0.334. The number of carbonyl (C=O) groups is 2. The summed E-state index contributed by atoms with van der Waals surface area (Å²) in [4.78, 5) is 27.4. The lowest BCUT2D eigenvalue weighted by Gasteiger charge is -2.39. The van der Waals surface area contributed by atoms with Gasteiger partial charge in [-0.15, -0.1) is 0 Å². The van der Waals surface area contributed by atoms with Crippen LogP contribution < -0.4 is 14.8 Å². The van der Waals surface area contributed by atoms with Crippen LogP contribution in [0.4, 0.5) is 0 Å². The van der Waals surface area contributed by atoms with E-state index in [1.165, 1.54) is 0 Å². The molecule has 0 aromatic heterocycles. The average Bonchev–Trinajstić information content (AvgIpc) is 3.12. The van der Waals surface area contributed by atoms with Gasteiger partial charge < -0.3 is 19.7 Å². The van der Waals surface area contributed by atoms with Gasteiger partial charge in [0.2, 0.25) is 18.6 Å². The van der Waals surface area contributed by atoms with Crippen LogP contribution in [0.3, 0.4) is 0 Å². The molecule has 27 heavy (non-hydrogen) atoms. The van der Waals surface area contributed by atoms with Gasteiger partial charge in [0.15, 0.2) is 11.5 Å². The first-order valence-corrected chi connectivity index (χ1v) is 9.10. The molecule has 0 radical (unpaired) electrons. The van der Waals surface area contributed by atoms with Crippen molar-refractivity contribution in [1.29, 1.82) is 0 Å². The molecule has 1 atom stereocenters. The zero-order valence-corrected chi connectivity index (χ0v) is 15.4. The Morgan fingerprint density at radius 2 is 1.96 bits per heavy atom. The molecule has 0 bridgehead atoms. The van der Waals surface area contributed by atoms with Gasteiger partial charge in [-0.1, -0.05) is 30.3 Å². The molecule has 2 amide bonds. The molecule has 6 heteroatoms. The summed E-state index contributed by atoms with van der Waals surface area (Å²) < 4.78 is 10.7. The summed E-state index contributed by atoms with van der Waals surface area (Å²) in [5, 5.41) is 2.98. The van der Waals surface area contributed by atoms with E-state index in [1.54, 1.807) is 4.90 Å². The average molecular weight is 366 g/mol. The van der Waals surface area contributed by atoms with E-state index in [0.717, 1.165) is 16.7 Å². The second-order valence-electron chi connectivity index (χ2n) is 7.08. The molecule has 2 aliphatic rings. The van der Waals surface area contributed by atoms with Crippen molar-refractivity contribution in [3.05, 3.63) is 59.2 Å². The van der Waals surface area contributed by atoms with Crippen molar-refractivity contribution in [2.45, 2.75) is 38.9 Å². The number of fused-ring (bicyclic) bond motifs is 2. The second-order valence-corrected chi connectivity index (χ2v) is 7.08. The Bertz CT molecular complexity index is 894. The minimum absolute atomic E-state index is 0.0214. The standard InChI is InChI=1S/C21H22N2O4/c1-13(2)23-19(24)10-15-5-3-4-6-16(15)20(23)21(25)22-11-14-7-8-17-18(9-14)27-12-26-17/h3-9,13,20H,10-12H2,1-2H3,(H,22,25). The lowest BCUT2D eigenvalue weighted by Crippen LogP contribution is -2.50. The molecule has 0 saturated carbocycles. The van der Waals surface area contributed by atoms with Gasteiger partial charge in [0.25, 0.3) is 0 Å². The number of carbonyl (C=O) groups excluding carboxylic acids is 2. The molecule has 2 aromatic rings. The van der Waals surface area contributed by atoms with Crippen LogP contribution in [0, 0.1) is 0 Å². The minimum Gasteiger partial charge on any atom is -0.454 e. The molecule has 2 aromatic carbocycles. The minimum atomic E-state index is -0.614. The van der Waals surface area contributed by atoms with Crippen molar-refractivity contribution in [2.24, 2.45) is 0 Å². The Morgan fingerprint density at radius 1 is 1.19 bits per heavy atom. The highest BCUT2D eigenvalue weighted by Crippen LogP contribution is 2.34. The molecule has 0 saturated heterocycles. The number of benzene rings is 2. The quantitative estimate of drug-likeness (QED) is 0.903. The maximum atomic E-state index is 13.1. The summed E-state index contributed by atoms with van der Waals surface area (Å²) in [5.41, 5.74) is 2.73. The van der Waals surface area contributed by atoms with E-state index >= 15 is 0 Å². The van der Waals surface area contributed by atoms with E-state index in [-0.39, 0.29) is 24.6 Å². The Labute approximate surface area is 158 Å². The molecule has 1 N–H and O–H groups in total. The summed E-state index contributed by atoms with van der Waals surface area (Å²) in [6.45, 7) is 4.44. The highest BCUT2D eigenvalue weighted by atomic mass is 16.7. The van der Waals surface area contributed by atoms with Crippen LogP contribution in [0.2, 0.25) is 0 Å². The van der Waals surface area contributed by atoms with Crippen molar-refractivity contribution >= 4 is 11.8 Å². The summed E-state index contributed by atoms with van der Waals surface area (Å²) in [6, 6.07) is 12.6. The number of nitrogens with one attached hydrogen (secondary N) is 1.